The van der Waals surface area contributed by atoms with E-state index in [1.165, 1.54) is 11.3 Å². The predicted octanol–water partition coefficient (Wildman–Crippen LogP) is 2.68. The highest BCUT2D eigenvalue weighted by molar-refractivity contribution is 7.17. The normalized spacial score (nSPS) is 22.4. The number of thiazole rings is 1. The van der Waals surface area contributed by atoms with Crippen LogP contribution in [0.5, 0.6) is 0 Å². The summed E-state index contributed by atoms with van der Waals surface area (Å²) in [5.41, 5.74) is 6.81. The molecule has 1 saturated heterocycles. The highest BCUT2D eigenvalue weighted by atomic mass is 32.1. The van der Waals surface area contributed by atoms with Crippen molar-refractivity contribution in [2.75, 3.05) is 13.1 Å². The summed E-state index contributed by atoms with van der Waals surface area (Å²) in [4.78, 5) is 19.6. The van der Waals surface area contributed by atoms with Crippen LogP contribution in [0.3, 0.4) is 0 Å². The Balaban J connectivity index is 1.78. The van der Waals surface area contributed by atoms with Crippen molar-refractivity contribution < 1.29 is 4.79 Å². The van der Waals surface area contributed by atoms with Crippen molar-refractivity contribution in [3.05, 3.63) is 27.9 Å². The fraction of sp³-hybridized carbons (Fsp3) is 0.429. The molecule has 1 amide bonds. The van der Waals surface area contributed by atoms with E-state index < -0.39 is 0 Å². The van der Waals surface area contributed by atoms with Crippen molar-refractivity contribution in [3.63, 3.8) is 0 Å². The molecule has 106 valence electrons. The summed E-state index contributed by atoms with van der Waals surface area (Å²) in [7, 11) is 0. The molecule has 4 nitrogen and oxygen atoms in total. The molecule has 2 aromatic heterocycles. The second kappa shape index (κ2) is 5.63. The zero-order valence-corrected chi connectivity index (χ0v) is 12.9. The van der Waals surface area contributed by atoms with E-state index in [-0.39, 0.29) is 11.9 Å². The molecule has 6 heteroatoms. The number of hydrogen-bond donors (Lipinski definition) is 1. The first-order valence-electron chi connectivity index (χ1n) is 6.68. The van der Waals surface area contributed by atoms with Gasteiger partial charge in [0.05, 0.1) is 6.20 Å². The predicted molar refractivity (Wildman–Crippen MR) is 83.1 cm³/mol. The number of carbonyl (C=O) groups is 1. The number of likely N-dealkylation sites (tertiary alicyclic amines) is 1. The van der Waals surface area contributed by atoms with E-state index in [9.17, 15) is 4.79 Å². The van der Waals surface area contributed by atoms with Crippen molar-refractivity contribution in [1.29, 1.82) is 0 Å². The van der Waals surface area contributed by atoms with Crippen molar-refractivity contribution in [1.82, 2.24) is 9.88 Å². The number of nitrogens with zero attached hydrogens (tertiary/aromatic N) is 2. The molecule has 1 aliphatic heterocycles. The Morgan fingerprint density at radius 1 is 1.60 bits per heavy atom. The Hall–Kier alpha value is -1.24. The Kier molecular flexibility index (Phi) is 3.87. The average Bonchev–Trinajstić information content (AvgIpc) is 3.17. The Labute approximate surface area is 126 Å². The van der Waals surface area contributed by atoms with Crippen molar-refractivity contribution in [2.45, 2.75) is 19.4 Å². The number of thiophene rings is 1. The zero-order valence-electron chi connectivity index (χ0n) is 11.3. The van der Waals surface area contributed by atoms with Crippen LogP contribution in [0.2, 0.25) is 0 Å². The van der Waals surface area contributed by atoms with Gasteiger partial charge in [0.25, 0.3) is 5.91 Å². The van der Waals surface area contributed by atoms with Crippen LogP contribution in [0.25, 0.3) is 10.6 Å². The molecule has 0 radical (unpaired) electrons. The minimum absolute atomic E-state index is 0.0902. The summed E-state index contributed by atoms with van der Waals surface area (Å²) < 4.78 is 0. The maximum absolute atomic E-state index is 12.6. The van der Waals surface area contributed by atoms with Crippen LogP contribution in [0.4, 0.5) is 0 Å². The maximum Gasteiger partial charge on any atom is 0.265 e. The standard InChI is InChI=1S/C14H17N3OS2/c1-9-4-10(5-15)7-17(9)14(18)12-6-16-13(20-12)11-2-3-19-8-11/h2-3,6,8-10H,4-5,7,15H2,1H3. The van der Waals surface area contributed by atoms with E-state index in [0.29, 0.717) is 12.5 Å². The van der Waals surface area contributed by atoms with Gasteiger partial charge in [-0.25, -0.2) is 4.98 Å². The number of aromatic nitrogens is 1. The maximum atomic E-state index is 12.6. The number of nitrogens with two attached hydrogens (primary N) is 1. The van der Waals surface area contributed by atoms with Gasteiger partial charge in [-0.1, -0.05) is 0 Å². The van der Waals surface area contributed by atoms with Gasteiger partial charge < -0.3 is 10.6 Å². The van der Waals surface area contributed by atoms with E-state index in [2.05, 4.69) is 17.3 Å². The van der Waals surface area contributed by atoms with Gasteiger partial charge >= 0.3 is 0 Å². The van der Waals surface area contributed by atoms with Crippen LogP contribution >= 0.6 is 22.7 Å². The molecule has 0 saturated carbocycles. The van der Waals surface area contributed by atoms with E-state index in [1.807, 2.05) is 16.3 Å². The largest absolute Gasteiger partial charge is 0.335 e. The van der Waals surface area contributed by atoms with Gasteiger partial charge in [0.15, 0.2) is 0 Å². The number of hydrogen-bond acceptors (Lipinski definition) is 5. The Morgan fingerprint density at radius 3 is 3.10 bits per heavy atom. The Morgan fingerprint density at radius 2 is 2.45 bits per heavy atom. The van der Waals surface area contributed by atoms with Crippen LogP contribution < -0.4 is 5.73 Å². The van der Waals surface area contributed by atoms with Crippen LogP contribution in [0, 0.1) is 5.92 Å². The van der Waals surface area contributed by atoms with Gasteiger partial charge in [-0.15, -0.1) is 11.3 Å². The lowest BCUT2D eigenvalue weighted by Crippen LogP contribution is -2.33. The zero-order chi connectivity index (χ0) is 14.1. The fourth-order valence-electron chi connectivity index (χ4n) is 2.63. The van der Waals surface area contributed by atoms with Gasteiger partial charge in [-0.2, -0.15) is 11.3 Å². The summed E-state index contributed by atoms with van der Waals surface area (Å²) in [6, 6.07) is 2.29. The molecule has 0 aromatic carbocycles. The quantitative estimate of drug-likeness (QED) is 0.948. The Bertz CT molecular complexity index is 593. The average molecular weight is 307 g/mol. The van der Waals surface area contributed by atoms with Gasteiger partial charge in [-0.05, 0) is 37.3 Å². The fourth-order valence-corrected chi connectivity index (χ4v) is 4.21. The van der Waals surface area contributed by atoms with Gasteiger partial charge in [-0.3, -0.25) is 4.79 Å². The summed E-state index contributed by atoms with van der Waals surface area (Å²) in [5, 5.41) is 4.99. The van der Waals surface area contributed by atoms with E-state index >= 15 is 0 Å². The van der Waals surface area contributed by atoms with Crippen molar-refractivity contribution >= 4 is 28.6 Å². The van der Waals surface area contributed by atoms with E-state index in [0.717, 1.165) is 28.4 Å². The lowest BCUT2D eigenvalue weighted by Gasteiger charge is -2.20. The highest BCUT2D eigenvalue weighted by Crippen LogP contribution is 2.30. The molecular weight excluding hydrogens is 290 g/mol. The SMILES string of the molecule is CC1CC(CN)CN1C(=O)c1cnc(-c2ccsc2)s1. The van der Waals surface area contributed by atoms with Crippen LogP contribution in [0.15, 0.2) is 23.0 Å². The smallest absolute Gasteiger partial charge is 0.265 e. The summed E-state index contributed by atoms with van der Waals surface area (Å²) in [6.07, 6.45) is 2.70. The minimum Gasteiger partial charge on any atom is -0.335 e. The minimum atomic E-state index is 0.0902. The van der Waals surface area contributed by atoms with E-state index in [1.54, 1.807) is 17.5 Å². The van der Waals surface area contributed by atoms with Crippen LogP contribution in [-0.4, -0.2) is 34.9 Å². The summed E-state index contributed by atoms with van der Waals surface area (Å²) >= 11 is 3.11. The first-order chi connectivity index (χ1) is 9.69. The number of carbonyl (C=O) groups excluding carboxylic acids is 1. The third kappa shape index (κ3) is 2.51. The monoisotopic (exact) mass is 307 g/mol. The molecule has 2 aromatic rings. The first-order valence-corrected chi connectivity index (χ1v) is 8.44. The molecule has 2 atom stereocenters. The summed E-state index contributed by atoms with van der Waals surface area (Å²) in [6.45, 7) is 3.51. The number of amides is 1. The van der Waals surface area contributed by atoms with Gasteiger partial charge in [0.2, 0.25) is 0 Å². The lowest BCUT2D eigenvalue weighted by atomic mass is 10.1. The molecule has 2 unspecified atom stereocenters. The second-order valence-corrected chi connectivity index (χ2v) is 7.00. The first kappa shape index (κ1) is 13.7. The van der Waals surface area contributed by atoms with Gasteiger partial charge in [0.1, 0.15) is 9.88 Å². The molecule has 3 rings (SSSR count). The molecule has 20 heavy (non-hydrogen) atoms. The molecule has 0 aliphatic carbocycles. The number of rotatable bonds is 3. The van der Waals surface area contributed by atoms with Crippen LogP contribution in [0.1, 0.15) is 23.0 Å². The lowest BCUT2D eigenvalue weighted by molar-refractivity contribution is 0.0748. The van der Waals surface area contributed by atoms with Gasteiger partial charge in [0, 0.05) is 23.5 Å². The molecular formula is C14H17N3OS2. The molecule has 3 heterocycles. The molecule has 0 spiro atoms. The van der Waals surface area contributed by atoms with Crippen LogP contribution in [-0.2, 0) is 0 Å². The molecule has 2 N–H and O–H groups in total. The summed E-state index contributed by atoms with van der Waals surface area (Å²) in [5.74, 6) is 0.519. The molecule has 0 bridgehead atoms. The van der Waals surface area contributed by atoms with E-state index in [4.69, 9.17) is 5.73 Å². The third-order valence-electron chi connectivity index (χ3n) is 3.74. The molecule has 1 fully saturated rings. The van der Waals surface area contributed by atoms with Crippen molar-refractivity contribution in [2.24, 2.45) is 11.7 Å². The topological polar surface area (TPSA) is 59.2 Å². The molecule has 1 aliphatic rings. The third-order valence-corrected chi connectivity index (χ3v) is 5.46. The highest BCUT2D eigenvalue weighted by Gasteiger charge is 2.32. The second-order valence-electron chi connectivity index (χ2n) is 5.19. The van der Waals surface area contributed by atoms with Crippen molar-refractivity contribution in [3.8, 4) is 10.6 Å².